The van der Waals surface area contributed by atoms with Gasteiger partial charge < -0.3 is 11.1 Å². The fourth-order valence-electron chi connectivity index (χ4n) is 1.11. The van der Waals surface area contributed by atoms with Gasteiger partial charge in [0.05, 0.1) is 6.04 Å². The van der Waals surface area contributed by atoms with Crippen molar-refractivity contribution in [2.75, 3.05) is 5.32 Å². The van der Waals surface area contributed by atoms with Gasteiger partial charge in [-0.2, -0.15) is 5.10 Å². The van der Waals surface area contributed by atoms with E-state index in [1.807, 2.05) is 27.7 Å². The van der Waals surface area contributed by atoms with Crippen molar-refractivity contribution in [3.63, 3.8) is 0 Å². The van der Waals surface area contributed by atoms with Crippen LogP contribution < -0.4 is 11.1 Å². The molecule has 0 fully saturated rings. The van der Waals surface area contributed by atoms with E-state index in [1.54, 1.807) is 0 Å². The van der Waals surface area contributed by atoms with Crippen molar-refractivity contribution in [1.82, 2.24) is 10.2 Å². The van der Waals surface area contributed by atoms with Crippen LogP contribution in [0.1, 0.15) is 25.1 Å². The van der Waals surface area contributed by atoms with Crippen LogP contribution >= 0.6 is 0 Å². The Morgan fingerprint density at radius 2 is 2.07 bits per heavy atom. The molecule has 0 radical (unpaired) electrons. The van der Waals surface area contributed by atoms with Crippen LogP contribution in [0.25, 0.3) is 0 Å². The number of nitrogens with two attached hydrogens (primary N) is 1. The summed E-state index contributed by atoms with van der Waals surface area (Å²) in [4.78, 5) is 11.6. The van der Waals surface area contributed by atoms with Crippen LogP contribution in [-0.2, 0) is 4.79 Å². The molecule has 1 amide bonds. The molecule has 0 aliphatic heterocycles. The van der Waals surface area contributed by atoms with Gasteiger partial charge in [-0.15, -0.1) is 0 Å². The third kappa shape index (κ3) is 2.56. The van der Waals surface area contributed by atoms with Crippen LogP contribution in [0.15, 0.2) is 0 Å². The maximum absolute atomic E-state index is 11.6. The van der Waals surface area contributed by atoms with E-state index < -0.39 is 6.04 Å². The summed E-state index contributed by atoms with van der Waals surface area (Å²) in [7, 11) is 0. The summed E-state index contributed by atoms with van der Waals surface area (Å²) in [5.74, 6) is 0.485. The summed E-state index contributed by atoms with van der Waals surface area (Å²) < 4.78 is 0. The molecule has 84 valence electrons. The van der Waals surface area contributed by atoms with Crippen molar-refractivity contribution in [2.45, 2.75) is 33.7 Å². The molecule has 0 aliphatic carbocycles. The van der Waals surface area contributed by atoms with Crippen LogP contribution in [0.2, 0.25) is 0 Å². The largest absolute Gasteiger partial charge is 0.320 e. The Morgan fingerprint density at radius 1 is 1.47 bits per heavy atom. The molecule has 0 aromatic carbocycles. The Hall–Kier alpha value is -1.36. The third-order valence-corrected chi connectivity index (χ3v) is 2.52. The average Bonchev–Trinajstić information content (AvgIpc) is 2.48. The number of aryl methyl sites for hydroxylation is 1. The van der Waals surface area contributed by atoms with Crippen LogP contribution in [-0.4, -0.2) is 22.1 Å². The number of rotatable bonds is 3. The molecule has 1 aromatic heterocycles. The second kappa shape index (κ2) is 4.44. The normalized spacial score (nSPS) is 12.9. The molecule has 1 rings (SSSR count). The summed E-state index contributed by atoms with van der Waals surface area (Å²) in [6.45, 7) is 7.62. The summed E-state index contributed by atoms with van der Waals surface area (Å²) in [6.07, 6.45) is 0. The van der Waals surface area contributed by atoms with Gasteiger partial charge in [0.25, 0.3) is 0 Å². The van der Waals surface area contributed by atoms with Crippen molar-refractivity contribution in [2.24, 2.45) is 11.7 Å². The number of H-pyrrole nitrogens is 1. The van der Waals surface area contributed by atoms with Crippen LogP contribution in [0, 0.1) is 19.8 Å². The quantitative estimate of drug-likeness (QED) is 0.694. The van der Waals surface area contributed by atoms with Crippen molar-refractivity contribution < 1.29 is 4.79 Å². The number of aromatic nitrogens is 2. The molecule has 5 nitrogen and oxygen atoms in total. The minimum Gasteiger partial charge on any atom is -0.320 e. The van der Waals surface area contributed by atoms with E-state index in [2.05, 4.69) is 15.5 Å². The highest BCUT2D eigenvalue weighted by Crippen LogP contribution is 2.14. The van der Waals surface area contributed by atoms with Crippen molar-refractivity contribution >= 4 is 11.7 Å². The SMILES string of the molecule is Cc1[nH]nc(NC(=O)[C@@H](N)C(C)C)c1C. The first-order valence-corrected chi connectivity index (χ1v) is 5.01. The van der Waals surface area contributed by atoms with Gasteiger partial charge in [0.15, 0.2) is 5.82 Å². The first-order valence-electron chi connectivity index (χ1n) is 5.01. The van der Waals surface area contributed by atoms with Crippen LogP contribution in [0.5, 0.6) is 0 Å². The number of hydrogen-bond acceptors (Lipinski definition) is 3. The Labute approximate surface area is 89.4 Å². The monoisotopic (exact) mass is 210 g/mol. The Bertz CT molecular complexity index is 356. The molecular formula is C10H18N4O. The summed E-state index contributed by atoms with van der Waals surface area (Å²) in [6, 6.07) is -0.499. The number of carbonyl (C=O) groups is 1. The number of nitrogens with one attached hydrogen (secondary N) is 2. The summed E-state index contributed by atoms with van der Waals surface area (Å²) >= 11 is 0. The predicted octanol–water partition coefficient (Wildman–Crippen LogP) is 0.948. The molecule has 0 saturated heterocycles. The van der Waals surface area contributed by atoms with Crippen molar-refractivity contribution in [3.05, 3.63) is 11.3 Å². The minimum atomic E-state index is -0.499. The molecule has 1 atom stereocenters. The van der Waals surface area contributed by atoms with E-state index in [-0.39, 0.29) is 11.8 Å². The van der Waals surface area contributed by atoms with Crippen LogP contribution in [0.3, 0.4) is 0 Å². The highest BCUT2D eigenvalue weighted by molar-refractivity contribution is 5.94. The first kappa shape index (κ1) is 11.7. The molecule has 4 N–H and O–H groups in total. The zero-order valence-electron chi connectivity index (χ0n) is 9.59. The van der Waals surface area contributed by atoms with Gasteiger partial charge in [0.2, 0.25) is 5.91 Å². The maximum atomic E-state index is 11.6. The zero-order valence-corrected chi connectivity index (χ0v) is 9.59. The van der Waals surface area contributed by atoms with Gasteiger partial charge in [-0.05, 0) is 19.8 Å². The minimum absolute atomic E-state index is 0.116. The van der Waals surface area contributed by atoms with E-state index in [1.165, 1.54) is 0 Å². The molecule has 0 unspecified atom stereocenters. The highest BCUT2D eigenvalue weighted by Gasteiger charge is 2.19. The number of nitrogens with zero attached hydrogens (tertiary/aromatic N) is 1. The maximum Gasteiger partial charge on any atom is 0.242 e. The van der Waals surface area contributed by atoms with Gasteiger partial charge in [0, 0.05) is 11.3 Å². The number of aromatic amines is 1. The van der Waals surface area contributed by atoms with Gasteiger partial charge in [-0.25, -0.2) is 0 Å². The summed E-state index contributed by atoms with van der Waals surface area (Å²) in [5.41, 5.74) is 7.61. The molecule has 15 heavy (non-hydrogen) atoms. The molecule has 0 aliphatic rings. The van der Waals surface area contributed by atoms with E-state index in [9.17, 15) is 4.79 Å². The molecule has 5 heteroatoms. The van der Waals surface area contributed by atoms with E-state index in [4.69, 9.17) is 5.73 Å². The smallest absolute Gasteiger partial charge is 0.242 e. The highest BCUT2D eigenvalue weighted by atomic mass is 16.2. The lowest BCUT2D eigenvalue weighted by molar-refractivity contribution is -0.118. The molecular weight excluding hydrogens is 192 g/mol. The van der Waals surface area contributed by atoms with Crippen molar-refractivity contribution in [3.8, 4) is 0 Å². The Morgan fingerprint density at radius 3 is 2.47 bits per heavy atom. The lowest BCUT2D eigenvalue weighted by Gasteiger charge is -2.14. The Balaban J connectivity index is 2.71. The molecule has 1 aromatic rings. The number of carbonyl (C=O) groups excluding carboxylic acids is 1. The Kier molecular flexibility index (Phi) is 3.47. The fourth-order valence-corrected chi connectivity index (χ4v) is 1.11. The third-order valence-electron chi connectivity index (χ3n) is 2.52. The molecule has 0 spiro atoms. The van der Waals surface area contributed by atoms with E-state index >= 15 is 0 Å². The second-order valence-electron chi connectivity index (χ2n) is 4.08. The van der Waals surface area contributed by atoms with Gasteiger partial charge in [-0.1, -0.05) is 13.8 Å². The molecule has 0 bridgehead atoms. The van der Waals surface area contributed by atoms with E-state index in [0.717, 1.165) is 11.3 Å². The van der Waals surface area contributed by atoms with Gasteiger partial charge in [0.1, 0.15) is 0 Å². The van der Waals surface area contributed by atoms with Crippen LogP contribution in [0.4, 0.5) is 5.82 Å². The second-order valence-corrected chi connectivity index (χ2v) is 4.08. The zero-order chi connectivity index (χ0) is 11.6. The number of hydrogen-bond donors (Lipinski definition) is 3. The standard InChI is InChI=1S/C10H18N4O/c1-5(2)8(11)10(15)12-9-6(3)7(4)13-14-9/h5,8H,11H2,1-4H3,(H2,12,13,14,15)/t8-/m0/s1. The van der Waals surface area contributed by atoms with Gasteiger partial charge >= 0.3 is 0 Å². The lowest BCUT2D eigenvalue weighted by Crippen LogP contribution is -2.39. The first-order chi connectivity index (χ1) is 6.93. The average molecular weight is 210 g/mol. The number of amides is 1. The fraction of sp³-hybridized carbons (Fsp3) is 0.600. The molecule has 0 saturated carbocycles. The molecule has 1 heterocycles. The number of anilines is 1. The summed E-state index contributed by atoms with van der Waals surface area (Å²) in [5, 5.41) is 9.50. The lowest BCUT2D eigenvalue weighted by atomic mass is 10.1. The van der Waals surface area contributed by atoms with E-state index in [0.29, 0.717) is 5.82 Å². The van der Waals surface area contributed by atoms with Crippen molar-refractivity contribution in [1.29, 1.82) is 0 Å². The van der Waals surface area contributed by atoms with Gasteiger partial charge in [-0.3, -0.25) is 9.89 Å². The topological polar surface area (TPSA) is 83.8 Å². The predicted molar refractivity (Wildman–Crippen MR) is 59.5 cm³/mol.